The molecule has 1 aromatic rings. The summed E-state index contributed by atoms with van der Waals surface area (Å²) in [4.78, 5) is 22.4. The van der Waals surface area contributed by atoms with Crippen molar-refractivity contribution in [2.45, 2.75) is 6.10 Å². The van der Waals surface area contributed by atoms with Crippen LogP contribution in [0.4, 0.5) is 0 Å². The largest absolute Gasteiger partial charge is 0.486 e. The summed E-state index contributed by atoms with van der Waals surface area (Å²) < 4.78 is 15.1. The molecule has 1 aliphatic rings. The van der Waals surface area contributed by atoms with Crippen molar-refractivity contribution in [1.29, 1.82) is 0 Å². The summed E-state index contributed by atoms with van der Waals surface area (Å²) in [7, 11) is 1.14. The number of aliphatic hydroxyl groups is 1. The van der Waals surface area contributed by atoms with Crippen LogP contribution < -0.4 is 9.47 Å². The molecule has 0 aliphatic carbocycles. The minimum absolute atomic E-state index is 0.0317. The molecule has 1 heterocycles. The zero-order valence-corrected chi connectivity index (χ0v) is 10.8. The van der Waals surface area contributed by atoms with Gasteiger partial charge in [0.2, 0.25) is 0 Å². The molecule has 0 spiro atoms. The van der Waals surface area contributed by atoms with Crippen LogP contribution in [0.5, 0.6) is 11.5 Å². The molecular formula is C12H11ClO6. The zero-order valence-electron chi connectivity index (χ0n) is 10.0. The second-order valence-corrected chi connectivity index (χ2v) is 4.17. The Balaban J connectivity index is 2.60. The Labute approximate surface area is 113 Å². The van der Waals surface area contributed by atoms with Gasteiger partial charge in [-0.1, -0.05) is 11.6 Å². The fourth-order valence-electron chi connectivity index (χ4n) is 1.79. The highest BCUT2D eigenvalue weighted by Crippen LogP contribution is 2.43. The van der Waals surface area contributed by atoms with E-state index in [1.807, 2.05) is 0 Å². The number of halogens is 1. The molecular weight excluding hydrogens is 276 g/mol. The SMILES string of the molecule is COC(=O)C(O)c1c(Cl)cc(C=O)c2c1OCCO2. The highest BCUT2D eigenvalue weighted by molar-refractivity contribution is 6.32. The first-order chi connectivity index (χ1) is 9.10. The van der Waals surface area contributed by atoms with Crippen LogP contribution in [0.3, 0.4) is 0 Å². The molecule has 6 nitrogen and oxygen atoms in total. The highest BCUT2D eigenvalue weighted by atomic mass is 35.5. The average Bonchev–Trinajstić information content (AvgIpc) is 2.44. The minimum Gasteiger partial charge on any atom is -0.486 e. The van der Waals surface area contributed by atoms with Crippen LogP contribution in [0, 0.1) is 0 Å². The molecule has 0 bridgehead atoms. The molecule has 0 amide bonds. The first-order valence-corrected chi connectivity index (χ1v) is 5.81. The van der Waals surface area contributed by atoms with Crippen molar-refractivity contribution in [3.63, 3.8) is 0 Å². The van der Waals surface area contributed by atoms with E-state index in [-0.39, 0.29) is 40.9 Å². The van der Waals surface area contributed by atoms with E-state index in [0.29, 0.717) is 6.29 Å². The number of benzene rings is 1. The Hall–Kier alpha value is -1.79. The number of methoxy groups -OCH3 is 1. The number of fused-ring (bicyclic) bond motifs is 1. The summed E-state index contributed by atoms with van der Waals surface area (Å²) in [6.07, 6.45) is -1.04. The predicted octanol–water partition coefficient (Wildman–Crippen LogP) is 1.13. The number of aliphatic hydroxyl groups excluding tert-OH is 1. The standard InChI is InChI=1S/C12H11ClO6/c1-17-12(16)9(15)8-7(13)4-6(5-14)10-11(8)19-3-2-18-10/h4-5,9,15H,2-3H2,1H3. The number of hydrogen-bond donors (Lipinski definition) is 1. The molecule has 1 aromatic carbocycles. The Bertz CT molecular complexity index is 527. The monoisotopic (exact) mass is 286 g/mol. The van der Waals surface area contributed by atoms with Crippen molar-refractivity contribution < 1.29 is 28.9 Å². The summed E-state index contributed by atoms with van der Waals surface area (Å²) in [5.74, 6) is -0.612. The third-order valence-electron chi connectivity index (χ3n) is 2.65. The fraction of sp³-hybridized carbons (Fsp3) is 0.333. The van der Waals surface area contributed by atoms with Crippen molar-refractivity contribution in [3.8, 4) is 11.5 Å². The molecule has 0 saturated carbocycles. The van der Waals surface area contributed by atoms with Gasteiger partial charge in [0.05, 0.1) is 23.3 Å². The first kappa shape index (κ1) is 13.6. The van der Waals surface area contributed by atoms with Crippen LogP contribution in [0.2, 0.25) is 5.02 Å². The van der Waals surface area contributed by atoms with Crippen molar-refractivity contribution in [2.24, 2.45) is 0 Å². The number of carbonyl (C=O) groups is 2. The van der Waals surface area contributed by atoms with Crippen LogP contribution in [0.1, 0.15) is 22.0 Å². The molecule has 0 aromatic heterocycles. The Kier molecular flexibility index (Phi) is 3.92. The molecule has 1 unspecified atom stereocenters. The van der Waals surface area contributed by atoms with E-state index in [9.17, 15) is 14.7 Å². The molecule has 0 saturated heterocycles. The van der Waals surface area contributed by atoms with Gasteiger partial charge in [-0.05, 0) is 6.07 Å². The average molecular weight is 287 g/mol. The quantitative estimate of drug-likeness (QED) is 0.662. The number of esters is 1. The van der Waals surface area contributed by atoms with E-state index in [1.54, 1.807) is 0 Å². The summed E-state index contributed by atoms with van der Waals surface area (Å²) in [5.41, 5.74) is 0.231. The Morgan fingerprint density at radius 3 is 2.68 bits per heavy atom. The number of ether oxygens (including phenoxy) is 3. The zero-order chi connectivity index (χ0) is 14.0. The van der Waals surface area contributed by atoms with E-state index in [4.69, 9.17) is 21.1 Å². The number of aldehydes is 1. The topological polar surface area (TPSA) is 82.1 Å². The molecule has 102 valence electrons. The summed E-state index contributed by atoms with van der Waals surface area (Å²) >= 11 is 5.98. The van der Waals surface area contributed by atoms with Gasteiger partial charge in [-0.15, -0.1) is 0 Å². The Morgan fingerprint density at radius 1 is 1.47 bits per heavy atom. The van der Waals surface area contributed by atoms with Crippen molar-refractivity contribution in [2.75, 3.05) is 20.3 Å². The van der Waals surface area contributed by atoms with Crippen LogP contribution >= 0.6 is 11.6 Å². The maximum atomic E-state index is 11.4. The predicted molar refractivity (Wildman–Crippen MR) is 64.8 cm³/mol. The molecule has 1 N–H and O–H groups in total. The first-order valence-electron chi connectivity index (χ1n) is 5.43. The third-order valence-corrected chi connectivity index (χ3v) is 2.97. The smallest absolute Gasteiger partial charge is 0.339 e. The van der Waals surface area contributed by atoms with Crippen molar-refractivity contribution in [1.82, 2.24) is 0 Å². The summed E-state index contributed by atoms with van der Waals surface area (Å²) in [5, 5.41) is 9.94. The van der Waals surface area contributed by atoms with Crippen molar-refractivity contribution in [3.05, 3.63) is 22.2 Å². The minimum atomic E-state index is -1.60. The van der Waals surface area contributed by atoms with Gasteiger partial charge in [0.1, 0.15) is 13.2 Å². The molecule has 7 heteroatoms. The lowest BCUT2D eigenvalue weighted by atomic mass is 10.0. The van der Waals surface area contributed by atoms with E-state index in [0.717, 1.165) is 7.11 Å². The van der Waals surface area contributed by atoms with E-state index < -0.39 is 12.1 Å². The molecule has 1 aliphatic heterocycles. The van der Waals surface area contributed by atoms with Gasteiger partial charge < -0.3 is 19.3 Å². The lowest BCUT2D eigenvalue weighted by molar-refractivity contribution is -0.150. The number of hydrogen-bond acceptors (Lipinski definition) is 6. The van der Waals surface area contributed by atoms with Crippen LogP contribution in [-0.4, -0.2) is 37.7 Å². The van der Waals surface area contributed by atoms with Gasteiger partial charge in [-0.2, -0.15) is 0 Å². The lowest BCUT2D eigenvalue weighted by Gasteiger charge is -2.24. The van der Waals surface area contributed by atoms with Crippen molar-refractivity contribution >= 4 is 23.9 Å². The number of rotatable bonds is 3. The Morgan fingerprint density at radius 2 is 2.11 bits per heavy atom. The normalized spacial score (nSPS) is 14.7. The van der Waals surface area contributed by atoms with E-state index >= 15 is 0 Å². The van der Waals surface area contributed by atoms with Gasteiger partial charge in [0.15, 0.2) is 23.9 Å². The van der Waals surface area contributed by atoms with Gasteiger partial charge in [-0.3, -0.25) is 4.79 Å². The van der Waals surface area contributed by atoms with Crippen LogP contribution in [0.15, 0.2) is 6.07 Å². The second-order valence-electron chi connectivity index (χ2n) is 3.76. The van der Waals surface area contributed by atoms with E-state index in [2.05, 4.69) is 4.74 Å². The van der Waals surface area contributed by atoms with Gasteiger partial charge in [0.25, 0.3) is 0 Å². The van der Waals surface area contributed by atoms with Crippen LogP contribution in [-0.2, 0) is 9.53 Å². The number of carbonyl (C=O) groups excluding carboxylic acids is 2. The third kappa shape index (κ3) is 2.36. The summed E-state index contributed by atoms with van der Waals surface area (Å²) in [6, 6.07) is 1.31. The van der Waals surface area contributed by atoms with Gasteiger partial charge >= 0.3 is 5.97 Å². The molecule has 2 rings (SSSR count). The lowest BCUT2D eigenvalue weighted by Crippen LogP contribution is -2.21. The molecule has 0 radical (unpaired) electrons. The van der Waals surface area contributed by atoms with E-state index in [1.165, 1.54) is 6.07 Å². The second kappa shape index (κ2) is 5.46. The highest BCUT2D eigenvalue weighted by Gasteiger charge is 2.31. The maximum absolute atomic E-state index is 11.4. The summed E-state index contributed by atoms with van der Waals surface area (Å²) in [6.45, 7) is 0.496. The van der Waals surface area contributed by atoms with Gasteiger partial charge in [-0.25, -0.2) is 4.79 Å². The fourth-order valence-corrected chi connectivity index (χ4v) is 2.10. The van der Waals surface area contributed by atoms with Crippen LogP contribution in [0.25, 0.3) is 0 Å². The molecule has 19 heavy (non-hydrogen) atoms. The molecule has 1 atom stereocenters. The molecule has 0 fully saturated rings. The maximum Gasteiger partial charge on any atom is 0.339 e. The van der Waals surface area contributed by atoms with Gasteiger partial charge in [0, 0.05) is 0 Å².